The lowest BCUT2D eigenvalue weighted by molar-refractivity contribution is 0.133. The molecule has 0 aromatic rings. The Hall–Kier alpha value is 1.17. The molecule has 1 atom stereocenters. The number of hydrogen-bond donors (Lipinski definition) is 1. The first-order chi connectivity index (χ1) is 5.27. The zero-order valence-corrected chi connectivity index (χ0v) is 10.2. The van der Waals surface area contributed by atoms with Crippen LogP contribution in [0.15, 0.2) is 0 Å². The molecule has 0 saturated carbocycles. The van der Waals surface area contributed by atoms with Crippen LogP contribution in [0.25, 0.3) is 0 Å². The van der Waals surface area contributed by atoms with E-state index in [0.717, 1.165) is 0 Å². The Morgan fingerprint density at radius 2 is 2.17 bits per heavy atom. The Morgan fingerprint density at radius 3 is 2.50 bits per heavy atom. The zero-order valence-electron chi connectivity index (χ0n) is 6.17. The van der Waals surface area contributed by atoms with Crippen molar-refractivity contribution in [3.05, 3.63) is 0 Å². The highest BCUT2D eigenvalue weighted by Crippen LogP contribution is 2.49. The molecule has 0 aliphatic carbocycles. The molecule has 1 N–H and O–H groups in total. The van der Waals surface area contributed by atoms with Gasteiger partial charge in [0.25, 0.3) is 0 Å². The second-order valence-electron chi connectivity index (χ2n) is 1.89. The third kappa shape index (κ3) is 7.80. The number of hydrogen-bond acceptors (Lipinski definition) is 3. The maximum atomic E-state index is 10.9. The van der Waals surface area contributed by atoms with E-state index in [1.165, 1.54) is 6.92 Å². The SMILES string of the molecule is CC(Cl)(Cl)OP(=O)(O)OCCBr. The van der Waals surface area contributed by atoms with Crippen molar-refractivity contribution in [2.75, 3.05) is 11.9 Å². The quantitative estimate of drug-likeness (QED) is 0.626. The lowest BCUT2D eigenvalue weighted by Crippen LogP contribution is -2.11. The second-order valence-corrected chi connectivity index (χ2v) is 5.70. The third-order valence-electron chi connectivity index (χ3n) is 0.607. The van der Waals surface area contributed by atoms with E-state index in [1.54, 1.807) is 0 Å². The third-order valence-corrected chi connectivity index (χ3v) is 2.41. The van der Waals surface area contributed by atoms with Crippen LogP contribution >= 0.6 is 47.0 Å². The van der Waals surface area contributed by atoms with Gasteiger partial charge in [-0.1, -0.05) is 39.1 Å². The molecule has 4 nitrogen and oxygen atoms in total. The van der Waals surface area contributed by atoms with Gasteiger partial charge in [-0.3, -0.25) is 4.52 Å². The average molecular weight is 302 g/mol. The van der Waals surface area contributed by atoms with E-state index in [1.807, 2.05) is 0 Å². The maximum absolute atomic E-state index is 10.9. The predicted octanol–water partition coefficient (Wildman–Crippen LogP) is 2.67. The number of halogens is 3. The molecule has 0 amide bonds. The van der Waals surface area contributed by atoms with Crippen LogP contribution in [0.2, 0.25) is 0 Å². The van der Waals surface area contributed by atoms with Gasteiger partial charge in [-0.25, -0.2) is 9.09 Å². The van der Waals surface area contributed by atoms with Gasteiger partial charge >= 0.3 is 7.82 Å². The number of rotatable bonds is 5. The van der Waals surface area contributed by atoms with Gasteiger partial charge < -0.3 is 4.89 Å². The number of alkyl halides is 3. The second kappa shape index (κ2) is 5.15. The van der Waals surface area contributed by atoms with Crippen LogP contribution < -0.4 is 0 Å². The minimum Gasteiger partial charge on any atom is -0.302 e. The Kier molecular flexibility index (Phi) is 5.65. The van der Waals surface area contributed by atoms with Crippen molar-refractivity contribution in [2.24, 2.45) is 0 Å². The minimum absolute atomic E-state index is 0.0393. The van der Waals surface area contributed by atoms with Crippen molar-refractivity contribution in [3.8, 4) is 0 Å². The monoisotopic (exact) mass is 300 g/mol. The molecule has 0 spiro atoms. The van der Waals surface area contributed by atoms with Gasteiger partial charge in [-0.05, 0) is 6.92 Å². The first-order valence-corrected chi connectivity index (χ1v) is 6.26. The molecule has 0 aliphatic rings. The minimum atomic E-state index is -4.12. The van der Waals surface area contributed by atoms with Crippen LogP contribution in [-0.4, -0.2) is 21.3 Å². The Bertz CT molecular complexity index is 182. The fourth-order valence-corrected chi connectivity index (χ4v) is 2.09. The van der Waals surface area contributed by atoms with E-state index in [2.05, 4.69) is 25.0 Å². The molecule has 12 heavy (non-hydrogen) atoms. The smallest absolute Gasteiger partial charge is 0.302 e. The molecule has 0 aliphatic heterocycles. The summed E-state index contributed by atoms with van der Waals surface area (Å²) in [5.41, 5.74) is 0. The van der Waals surface area contributed by atoms with Crippen molar-refractivity contribution in [1.82, 2.24) is 0 Å². The molecule has 0 aromatic heterocycles. The summed E-state index contributed by atoms with van der Waals surface area (Å²) >= 11 is 13.6. The first-order valence-electron chi connectivity index (χ1n) is 2.89. The van der Waals surface area contributed by atoms with Crippen molar-refractivity contribution >= 4 is 47.0 Å². The number of phosphoric ester groups is 1. The average Bonchev–Trinajstić information content (AvgIpc) is 1.78. The highest BCUT2D eigenvalue weighted by molar-refractivity contribution is 9.09. The molecule has 0 saturated heterocycles. The summed E-state index contributed by atoms with van der Waals surface area (Å²) in [7, 11) is -4.12. The maximum Gasteiger partial charge on any atom is 0.474 e. The largest absolute Gasteiger partial charge is 0.474 e. The number of phosphoric acid groups is 1. The highest BCUT2D eigenvalue weighted by Gasteiger charge is 2.31. The highest BCUT2D eigenvalue weighted by atomic mass is 79.9. The molecule has 8 heteroatoms. The van der Waals surface area contributed by atoms with Gasteiger partial charge in [0.1, 0.15) is 0 Å². The van der Waals surface area contributed by atoms with E-state index >= 15 is 0 Å². The van der Waals surface area contributed by atoms with Crippen molar-refractivity contribution in [2.45, 2.75) is 11.4 Å². The summed E-state index contributed by atoms with van der Waals surface area (Å²) < 4.78 is 17.9. The van der Waals surface area contributed by atoms with Gasteiger partial charge in [0.2, 0.25) is 4.52 Å². The topological polar surface area (TPSA) is 55.8 Å². The summed E-state index contributed by atoms with van der Waals surface area (Å²) in [6, 6.07) is 0. The molecular formula is C4H8BrCl2O4P. The lowest BCUT2D eigenvalue weighted by Gasteiger charge is -2.18. The van der Waals surface area contributed by atoms with Crippen molar-refractivity contribution in [1.29, 1.82) is 0 Å². The van der Waals surface area contributed by atoms with Crippen molar-refractivity contribution in [3.63, 3.8) is 0 Å². The standard InChI is InChI=1S/C4H8BrCl2O4P/c1-4(6,7)11-12(8,9)10-3-2-5/h2-3H2,1H3,(H,8,9). The van der Waals surface area contributed by atoms with Crippen LogP contribution in [0.3, 0.4) is 0 Å². The summed E-state index contributed by atoms with van der Waals surface area (Å²) in [5.74, 6) is 0. The van der Waals surface area contributed by atoms with E-state index in [4.69, 9.17) is 28.1 Å². The fourth-order valence-electron chi connectivity index (χ4n) is 0.379. The summed E-state index contributed by atoms with van der Waals surface area (Å²) in [4.78, 5) is 8.90. The molecule has 74 valence electrons. The van der Waals surface area contributed by atoms with Gasteiger partial charge in [0.15, 0.2) is 0 Å². The predicted molar refractivity (Wildman–Crippen MR) is 50.8 cm³/mol. The molecular weight excluding hydrogens is 294 g/mol. The molecule has 0 fully saturated rings. The van der Waals surface area contributed by atoms with E-state index < -0.39 is 12.3 Å². The van der Waals surface area contributed by atoms with Gasteiger partial charge in [-0.15, -0.1) is 0 Å². The van der Waals surface area contributed by atoms with Gasteiger partial charge in [0, 0.05) is 5.33 Å². The van der Waals surface area contributed by atoms with E-state index in [9.17, 15) is 4.57 Å². The van der Waals surface area contributed by atoms with Crippen LogP contribution in [-0.2, 0) is 13.6 Å². The van der Waals surface area contributed by atoms with Crippen LogP contribution in [0.1, 0.15) is 6.92 Å². The molecule has 1 unspecified atom stereocenters. The lowest BCUT2D eigenvalue weighted by atomic mass is 10.9. The summed E-state index contributed by atoms with van der Waals surface area (Å²) in [5, 5.41) is 0.419. The Morgan fingerprint density at radius 1 is 1.67 bits per heavy atom. The van der Waals surface area contributed by atoms with E-state index in [0.29, 0.717) is 5.33 Å². The fraction of sp³-hybridized carbons (Fsp3) is 1.00. The van der Waals surface area contributed by atoms with Gasteiger partial charge in [0.05, 0.1) is 6.61 Å². The Labute approximate surface area is 88.9 Å². The zero-order chi connectivity index (χ0) is 9.83. The van der Waals surface area contributed by atoms with Crippen LogP contribution in [0.4, 0.5) is 0 Å². The molecule has 0 radical (unpaired) electrons. The molecule has 0 heterocycles. The molecule has 0 aromatic carbocycles. The van der Waals surface area contributed by atoms with Crippen LogP contribution in [0, 0.1) is 0 Å². The first kappa shape index (κ1) is 13.2. The normalized spacial score (nSPS) is 17.4. The van der Waals surface area contributed by atoms with Crippen molar-refractivity contribution < 1.29 is 18.5 Å². The summed E-state index contributed by atoms with van der Waals surface area (Å²) in [6.45, 7) is 1.26. The Balaban J connectivity index is 3.96. The molecule has 0 bridgehead atoms. The summed E-state index contributed by atoms with van der Waals surface area (Å²) in [6.07, 6.45) is 0. The molecule has 0 rings (SSSR count). The van der Waals surface area contributed by atoms with E-state index in [-0.39, 0.29) is 6.61 Å². The van der Waals surface area contributed by atoms with Gasteiger partial charge in [-0.2, -0.15) is 0 Å². The van der Waals surface area contributed by atoms with Crippen LogP contribution in [0.5, 0.6) is 0 Å².